The Morgan fingerprint density at radius 3 is 2.68 bits per heavy atom. The van der Waals surface area contributed by atoms with Crippen LogP contribution >= 0.6 is 0 Å². The molecule has 8 heteroatoms. The molecule has 1 heterocycles. The summed E-state index contributed by atoms with van der Waals surface area (Å²) in [5.41, 5.74) is 0.599. The Balaban J connectivity index is 1.97. The first-order valence-corrected chi connectivity index (χ1v) is 8.75. The number of carbonyl (C=O) groups is 2. The Morgan fingerprint density at radius 1 is 1.29 bits per heavy atom. The van der Waals surface area contributed by atoms with Crippen molar-refractivity contribution in [3.63, 3.8) is 0 Å². The Labute approximate surface area is 161 Å². The van der Waals surface area contributed by atoms with Crippen LogP contribution in [0.1, 0.15) is 24.2 Å². The van der Waals surface area contributed by atoms with Gasteiger partial charge in [-0.1, -0.05) is 26.0 Å². The summed E-state index contributed by atoms with van der Waals surface area (Å²) in [6.07, 6.45) is -0.826. The molecular formula is C20H20N2O6. The molecule has 1 amide bonds. The predicted octanol–water partition coefficient (Wildman–Crippen LogP) is 3.24. The normalized spacial score (nSPS) is 15.8. The third kappa shape index (κ3) is 3.66. The average Bonchev–Trinajstić information content (AvgIpc) is 2.69. The van der Waals surface area contributed by atoms with Crippen LogP contribution < -0.4 is 14.4 Å². The van der Waals surface area contributed by atoms with Crippen LogP contribution in [0.5, 0.6) is 11.5 Å². The zero-order chi connectivity index (χ0) is 20.4. The first kappa shape index (κ1) is 19.3. The predicted molar refractivity (Wildman–Crippen MR) is 102 cm³/mol. The Hall–Kier alpha value is -3.42. The van der Waals surface area contributed by atoms with Gasteiger partial charge < -0.3 is 9.47 Å². The van der Waals surface area contributed by atoms with Crippen LogP contribution in [0.25, 0.3) is 0 Å². The monoisotopic (exact) mass is 384 g/mol. The molecule has 0 spiro atoms. The standard InChI is InChI=1S/C20H20N2O6/c1-12(2)19-20(24)21(11-17(23)13-5-4-6-15(9-13)27-3)16-8-7-14(22(25)26)10-18(16)28-19/h4-10,12,19H,11H2,1-3H3. The van der Waals surface area contributed by atoms with Gasteiger partial charge in [0.05, 0.1) is 30.3 Å². The SMILES string of the molecule is COc1cccc(C(=O)CN2C(=O)C(C(C)C)Oc3cc([N+](=O)[O-])ccc32)c1. The number of nitro groups is 1. The molecule has 2 aromatic rings. The van der Waals surface area contributed by atoms with E-state index >= 15 is 0 Å². The van der Waals surface area contributed by atoms with Gasteiger partial charge in [0.15, 0.2) is 17.6 Å². The lowest BCUT2D eigenvalue weighted by Crippen LogP contribution is -2.50. The van der Waals surface area contributed by atoms with E-state index in [2.05, 4.69) is 0 Å². The molecule has 2 aromatic carbocycles. The number of ether oxygens (including phenoxy) is 2. The van der Waals surface area contributed by atoms with E-state index in [-0.39, 0.29) is 35.6 Å². The molecule has 1 atom stereocenters. The number of anilines is 1. The molecule has 0 bridgehead atoms. The van der Waals surface area contributed by atoms with Crippen LogP contribution in [-0.4, -0.2) is 36.4 Å². The topological polar surface area (TPSA) is 99.0 Å². The molecule has 3 rings (SSSR count). The van der Waals surface area contributed by atoms with Crippen molar-refractivity contribution in [3.05, 3.63) is 58.1 Å². The van der Waals surface area contributed by atoms with Gasteiger partial charge in [0.2, 0.25) is 0 Å². The molecule has 8 nitrogen and oxygen atoms in total. The Bertz CT molecular complexity index is 940. The molecule has 0 N–H and O–H groups in total. The van der Waals surface area contributed by atoms with E-state index in [4.69, 9.17) is 9.47 Å². The number of nitro benzene ring substituents is 1. The minimum atomic E-state index is -0.826. The fraction of sp³-hybridized carbons (Fsp3) is 0.300. The van der Waals surface area contributed by atoms with Gasteiger partial charge in [-0.25, -0.2) is 0 Å². The minimum absolute atomic E-state index is 0.144. The van der Waals surface area contributed by atoms with Crippen LogP contribution in [0.4, 0.5) is 11.4 Å². The molecule has 0 fully saturated rings. The number of amides is 1. The summed E-state index contributed by atoms with van der Waals surface area (Å²) in [5.74, 6) is -0.0518. The fourth-order valence-electron chi connectivity index (χ4n) is 3.01. The molecule has 1 aliphatic rings. The van der Waals surface area contributed by atoms with Crippen LogP contribution in [0.2, 0.25) is 0 Å². The Kier molecular flexibility index (Phi) is 5.30. The number of benzene rings is 2. The molecule has 1 aliphatic heterocycles. The molecule has 28 heavy (non-hydrogen) atoms. The number of ketones is 1. The smallest absolute Gasteiger partial charge is 0.273 e. The summed E-state index contributed by atoms with van der Waals surface area (Å²) in [5, 5.41) is 11.1. The third-order valence-corrected chi connectivity index (χ3v) is 4.51. The van der Waals surface area contributed by atoms with E-state index in [1.165, 1.54) is 30.2 Å². The van der Waals surface area contributed by atoms with E-state index in [1.807, 2.05) is 13.8 Å². The molecule has 146 valence electrons. The van der Waals surface area contributed by atoms with Crippen molar-refractivity contribution in [2.24, 2.45) is 5.92 Å². The minimum Gasteiger partial charge on any atom is -0.497 e. The molecule has 0 aromatic heterocycles. The van der Waals surface area contributed by atoms with E-state index in [9.17, 15) is 19.7 Å². The maximum absolute atomic E-state index is 12.9. The van der Waals surface area contributed by atoms with Crippen LogP contribution in [-0.2, 0) is 4.79 Å². The summed E-state index contributed by atoms with van der Waals surface area (Å²) in [4.78, 5) is 37.6. The van der Waals surface area contributed by atoms with Crippen molar-refractivity contribution >= 4 is 23.1 Å². The van der Waals surface area contributed by atoms with Crippen LogP contribution in [0, 0.1) is 16.0 Å². The number of Topliss-reactive ketones (excluding diaryl/α,β-unsaturated/α-hetero) is 1. The first-order valence-electron chi connectivity index (χ1n) is 8.75. The van der Waals surface area contributed by atoms with Gasteiger partial charge in [0, 0.05) is 11.6 Å². The number of hydrogen-bond donors (Lipinski definition) is 0. The number of hydrogen-bond acceptors (Lipinski definition) is 6. The highest BCUT2D eigenvalue weighted by atomic mass is 16.6. The zero-order valence-corrected chi connectivity index (χ0v) is 15.7. The molecule has 0 saturated heterocycles. The van der Waals surface area contributed by atoms with Crippen LogP contribution in [0.3, 0.4) is 0 Å². The lowest BCUT2D eigenvalue weighted by molar-refractivity contribution is -0.384. The lowest BCUT2D eigenvalue weighted by atomic mass is 10.0. The van der Waals surface area contributed by atoms with Crippen LogP contribution in [0.15, 0.2) is 42.5 Å². The summed E-state index contributed by atoms with van der Waals surface area (Å²) >= 11 is 0. The summed E-state index contributed by atoms with van der Waals surface area (Å²) < 4.78 is 10.9. The number of carbonyl (C=O) groups excluding carboxylic acids is 2. The molecule has 1 unspecified atom stereocenters. The second kappa shape index (κ2) is 7.67. The van der Waals surface area contributed by atoms with Gasteiger partial charge in [-0.2, -0.15) is 0 Å². The van der Waals surface area contributed by atoms with E-state index in [1.54, 1.807) is 24.3 Å². The molecule has 0 radical (unpaired) electrons. The lowest BCUT2D eigenvalue weighted by Gasteiger charge is -2.35. The second-order valence-electron chi connectivity index (χ2n) is 6.77. The van der Waals surface area contributed by atoms with Crippen molar-refractivity contribution in [2.45, 2.75) is 20.0 Å². The van der Waals surface area contributed by atoms with E-state index in [0.717, 1.165) is 0 Å². The van der Waals surface area contributed by atoms with E-state index in [0.29, 0.717) is 17.0 Å². The van der Waals surface area contributed by atoms with Crippen molar-refractivity contribution < 1.29 is 24.0 Å². The highest BCUT2D eigenvalue weighted by Gasteiger charge is 2.38. The van der Waals surface area contributed by atoms with E-state index < -0.39 is 11.0 Å². The van der Waals surface area contributed by atoms with Crippen molar-refractivity contribution in [1.82, 2.24) is 0 Å². The maximum atomic E-state index is 12.9. The summed E-state index contributed by atoms with van der Waals surface area (Å²) in [6.45, 7) is 3.42. The van der Waals surface area contributed by atoms with Crippen molar-refractivity contribution in [2.75, 3.05) is 18.6 Å². The quantitative estimate of drug-likeness (QED) is 0.431. The van der Waals surface area contributed by atoms with Crippen molar-refractivity contribution in [3.8, 4) is 11.5 Å². The number of nitrogens with zero attached hydrogens (tertiary/aromatic N) is 2. The van der Waals surface area contributed by atoms with Gasteiger partial charge in [-0.05, 0) is 24.1 Å². The molecule has 0 saturated carbocycles. The first-order chi connectivity index (χ1) is 13.3. The van der Waals surface area contributed by atoms with Crippen molar-refractivity contribution in [1.29, 1.82) is 0 Å². The number of fused-ring (bicyclic) bond motifs is 1. The largest absolute Gasteiger partial charge is 0.497 e. The second-order valence-corrected chi connectivity index (χ2v) is 6.77. The van der Waals surface area contributed by atoms with Gasteiger partial charge >= 0.3 is 0 Å². The third-order valence-electron chi connectivity index (χ3n) is 4.51. The van der Waals surface area contributed by atoms with Gasteiger partial charge in [0.1, 0.15) is 5.75 Å². The number of rotatable bonds is 6. The molecular weight excluding hydrogens is 364 g/mol. The zero-order valence-electron chi connectivity index (χ0n) is 15.7. The highest BCUT2D eigenvalue weighted by molar-refractivity contribution is 6.08. The maximum Gasteiger partial charge on any atom is 0.273 e. The molecule has 0 aliphatic carbocycles. The average molecular weight is 384 g/mol. The summed E-state index contributed by atoms with van der Waals surface area (Å²) in [6, 6.07) is 10.7. The van der Waals surface area contributed by atoms with Gasteiger partial charge in [0.25, 0.3) is 11.6 Å². The summed E-state index contributed by atoms with van der Waals surface area (Å²) in [7, 11) is 1.51. The van der Waals surface area contributed by atoms with Gasteiger partial charge in [-0.15, -0.1) is 0 Å². The van der Waals surface area contributed by atoms with Gasteiger partial charge in [-0.3, -0.25) is 24.6 Å². The highest BCUT2D eigenvalue weighted by Crippen LogP contribution is 2.38. The Morgan fingerprint density at radius 2 is 2.04 bits per heavy atom. The number of methoxy groups -OCH3 is 1. The fourth-order valence-corrected chi connectivity index (χ4v) is 3.01. The number of non-ortho nitro benzene ring substituents is 1.